The molecule has 0 bridgehead atoms. The molecule has 136 valence electrons. The van der Waals surface area contributed by atoms with Gasteiger partial charge in [-0.15, -0.1) is 0 Å². The number of carboxylic acids is 1. The molecule has 1 saturated heterocycles. The predicted molar refractivity (Wildman–Crippen MR) is 92.5 cm³/mol. The maximum atomic E-state index is 13.0. The van der Waals surface area contributed by atoms with Gasteiger partial charge in [-0.25, -0.2) is 0 Å². The molecule has 3 aliphatic rings. The molecule has 1 amide bonds. The van der Waals surface area contributed by atoms with Crippen LogP contribution in [0, 0.1) is 11.3 Å². The van der Waals surface area contributed by atoms with Crippen LogP contribution in [0.5, 0.6) is 0 Å². The molecule has 6 nitrogen and oxygen atoms in total. The summed E-state index contributed by atoms with van der Waals surface area (Å²) in [7, 11) is 0. The highest BCUT2D eigenvalue weighted by Crippen LogP contribution is 2.49. The van der Waals surface area contributed by atoms with E-state index in [0.29, 0.717) is 31.1 Å². The van der Waals surface area contributed by atoms with E-state index in [1.807, 2.05) is 10.7 Å². The van der Waals surface area contributed by atoms with Gasteiger partial charge in [0, 0.05) is 24.7 Å². The lowest BCUT2D eigenvalue weighted by Gasteiger charge is -2.23. The van der Waals surface area contributed by atoms with Crippen LogP contribution in [0.4, 0.5) is 0 Å². The normalized spacial score (nSPS) is 29.1. The Morgan fingerprint density at radius 2 is 2.00 bits per heavy atom. The second kappa shape index (κ2) is 5.32. The Kier molecular flexibility index (Phi) is 3.54. The van der Waals surface area contributed by atoms with Crippen molar-refractivity contribution in [3.8, 4) is 0 Å². The van der Waals surface area contributed by atoms with E-state index in [1.54, 1.807) is 4.90 Å². The van der Waals surface area contributed by atoms with Gasteiger partial charge in [-0.2, -0.15) is 5.10 Å². The van der Waals surface area contributed by atoms with Crippen molar-refractivity contribution < 1.29 is 14.7 Å². The first-order valence-electron chi connectivity index (χ1n) is 9.35. The number of aliphatic carboxylic acids is 1. The number of carbonyl (C=O) groups is 2. The first-order chi connectivity index (χ1) is 11.7. The summed E-state index contributed by atoms with van der Waals surface area (Å²) in [6, 6.07) is 1.94. The Morgan fingerprint density at radius 1 is 1.28 bits per heavy atom. The Morgan fingerprint density at radius 3 is 2.56 bits per heavy atom. The fraction of sp³-hybridized carbons (Fsp3) is 0.737. The molecule has 1 aromatic heterocycles. The second-order valence-electron chi connectivity index (χ2n) is 9.05. The molecule has 6 heteroatoms. The minimum atomic E-state index is -0.746. The third-order valence-corrected chi connectivity index (χ3v) is 6.17. The monoisotopic (exact) mass is 345 g/mol. The van der Waals surface area contributed by atoms with Crippen LogP contribution < -0.4 is 0 Å². The number of carboxylic acid groups (broad SMARTS) is 1. The summed E-state index contributed by atoms with van der Waals surface area (Å²) >= 11 is 0. The lowest BCUT2D eigenvalue weighted by Crippen LogP contribution is -2.37. The number of fused-ring (bicyclic) bond motifs is 1. The predicted octanol–water partition coefficient (Wildman–Crippen LogP) is 2.84. The average Bonchev–Trinajstić information content (AvgIpc) is 2.97. The van der Waals surface area contributed by atoms with Crippen molar-refractivity contribution >= 4 is 11.9 Å². The average molecular weight is 345 g/mol. The van der Waals surface area contributed by atoms with Gasteiger partial charge in [0.15, 0.2) is 5.69 Å². The van der Waals surface area contributed by atoms with Gasteiger partial charge in [-0.3, -0.25) is 14.3 Å². The lowest BCUT2D eigenvalue weighted by atomic mass is 9.81. The molecule has 0 radical (unpaired) electrons. The Hall–Kier alpha value is -1.85. The van der Waals surface area contributed by atoms with Crippen LogP contribution in [0.1, 0.15) is 75.0 Å². The van der Waals surface area contributed by atoms with Crippen LogP contribution >= 0.6 is 0 Å². The molecule has 2 aliphatic carbocycles. The van der Waals surface area contributed by atoms with Crippen molar-refractivity contribution in [3.05, 3.63) is 17.5 Å². The molecule has 0 aromatic carbocycles. The SMILES string of the molecule is CC(C)(C)n1nc(C(=O)N2C[C@@H]3CCC[C@@]3(C(=O)O)C2)cc1C1CC1. The van der Waals surface area contributed by atoms with Crippen molar-refractivity contribution in [1.29, 1.82) is 0 Å². The number of hydrogen-bond donors (Lipinski definition) is 1. The number of hydrogen-bond acceptors (Lipinski definition) is 3. The van der Waals surface area contributed by atoms with Crippen LogP contribution in [0.2, 0.25) is 0 Å². The number of rotatable bonds is 3. The van der Waals surface area contributed by atoms with Crippen LogP contribution in [0.15, 0.2) is 6.07 Å². The molecule has 2 heterocycles. The van der Waals surface area contributed by atoms with E-state index in [-0.39, 0.29) is 17.4 Å². The molecule has 1 N–H and O–H groups in total. The van der Waals surface area contributed by atoms with Gasteiger partial charge >= 0.3 is 5.97 Å². The molecule has 0 unspecified atom stereocenters. The summed E-state index contributed by atoms with van der Waals surface area (Å²) in [5, 5.41) is 14.3. The number of carbonyl (C=O) groups excluding carboxylic acids is 1. The van der Waals surface area contributed by atoms with E-state index in [4.69, 9.17) is 0 Å². The van der Waals surface area contributed by atoms with E-state index < -0.39 is 11.4 Å². The minimum absolute atomic E-state index is 0.0848. The van der Waals surface area contributed by atoms with Gasteiger partial charge in [0.25, 0.3) is 5.91 Å². The van der Waals surface area contributed by atoms with Gasteiger partial charge in [0.1, 0.15) is 0 Å². The lowest BCUT2D eigenvalue weighted by molar-refractivity contribution is -0.149. The first-order valence-corrected chi connectivity index (χ1v) is 9.35. The van der Waals surface area contributed by atoms with Gasteiger partial charge in [0.05, 0.1) is 11.0 Å². The first kappa shape index (κ1) is 16.6. The highest BCUT2D eigenvalue weighted by Gasteiger charge is 2.56. The van der Waals surface area contributed by atoms with Crippen molar-refractivity contribution in [1.82, 2.24) is 14.7 Å². The van der Waals surface area contributed by atoms with Gasteiger partial charge < -0.3 is 10.0 Å². The molecule has 1 aliphatic heterocycles. The van der Waals surface area contributed by atoms with Crippen LogP contribution in [-0.2, 0) is 10.3 Å². The molecule has 2 atom stereocenters. The number of nitrogens with zero attached hydrogens (tertiary/aromatic N) is 3. The minimum Gasteiger partial charge on any atom is -0.481 e. The topological polar surface area (TPSA) is 75.4 Å². The molecular formula is C19H27N3O3. The zero-order valence-corrected chi connectivity index (χ0v) is 15.3. The summed E-state index contributed by atoms with van der Waals surface area (Å²) in [5.41, 5.74) is 0.711. The quantitative estimate of drug-likeness (QED) is 0.914. The maximum Gasteiger partial charge on any atom is 0.311 e. The molecule has 1 aromatic rings. The molecular weight excluding hydrogens is 318 g/mol. The molecule has 4 rings (SSSR count). The van der Waals surface area contributed by atoms with Crippen molar-refractivity contribution in [2.75, 3.05) is 13.1 Å². The molecule has 2 saturated carbocycles. The maximum absolute atomic E-state index is 13.0. The zero-order valence-electron chi connectivity index (χ0n) is 15.3. The van der Waals surface area contributed by atoms with Crippen molar-refractivity contribution in [2.45, 2.75) is 64.3 Å². The van der Waals surface area contributed by atoms with Crippen LogP contribution in [-0.4, -0.2) is 44.8 Å². The van der Waals surface area contributed by atoms with Crippen LogP contribution in [0.25, 0.3) is 0 Å². The van der Waals surface area contributed by atoms with Crippen molar-refractivity contribution in [2.24, 2.45) is 11.3 Å². The summed E-state index contributed by atoms with van der Waals surface area (Å²) < 4.78 is 1.99. The van der Waals surface area contributed by atoms with Gasteiger partial charge in [-0.1, -0.05) is 6.42 Å². The summed E-state index contributed by atoms with van der Waals surface area (Å²) in [4.78, 5) is 26.6. The number of aromatic nitrogens is 2. The van der Waals surface area contributed by atoms with Gasteiger partial charge in [-0.05, 0) is 58.4 Å². The largest absolute Gasteiger partial charge is 0.481 e. The fourth-order valence-corrected chi connectivity index (χ4v) is 4.66. The Labute approximate surface area is 148 Å². The van der Waals surface area contributed by atoms with E-state index >= 15 is 0 Å². The second-order valence-corrected chi connectivity index (χ2v) is 9.05. The third-order valence-electron chi connectivity index (χ3n) is 6.17. The summed E-state index contributed by atoms with van der Waals surface area (Å²) in [6.45, 7) is 7.17. The van der Waals surface area contributed by atoms with Crippen molar-refractivity contribution in [3.63, 3.8) is 0 Å². The Bertz CT molecular complexity index is 729. The summed E-state index contributed by atoms with van der Waals surface area (Å²) in [5.74, 6) is -0.262. The zero-order chi connectivity index (χ0) is 18.0. The summed E-state index contributed by atoms with van der Waals surface area (Å²) in [6.07, 6.45) is 4.84. The smallest absolute Gasteiger partial charge is 0.311 e. The third kappa shape index (κ3) is 2.57. The van der Waals surface area contributed by atoms with Gasteiger partial charge in [0.2, 0.25) is 0 Å². The fourth-order valence-electron chi connectivity index (χ4n) is 4.66. The molecule has 0 spiro atoms. The number of likely N-dealkylation sites (tertiary alicyclic amines) is 1. The van der Waals surface area contributed by atoms with E-state index in [2.05, 4.69) is 25.9 Å². The molecule has 3 fully saturated rings. The number of amides is 1. The molecule has 25 heavy (non-hydrogen) atoms. The Balaban J connectivity index is 1.61. The van der Waals surface area contributed by atoms with E-state index in [0.717, 1.165) is 31.4 Å². The standard InChI is InChI=1S/C19H27N3O3/c1-18(2,3)22-15(12-6-7-12)9-14(20-22)16(23)21-10-13-5-4-8-19(13,11-21)17(24)25/h9,12-13H,4-8,10-11H2,1-3H3,(H,24,25)/t13-,19+/m0/s1. The highest BCUT2D eigenvalue weighted by molar-refractivity contribution is 5.93. The highest BCUT2D eigenvalue weighted by atomic mass is 16.4. The van der Waals surface area contributed by atoms with E-state index in [1.165, 1.54) is 0 Å². The van der Waals surface area contributed by atoms with E-state index in [9.17, 15) is 14.7 Å². The van der Waals surface area contributed by atoms with Crippen LogP contribution in [0.3, 0.4) is 0 Å².